The molecule has 2 N–H and O–H groups in total. The molecule has 2 heterocycles. The third kappa shape index (κ3) is 3.44. The van der Waals surface area contributed by atoms with Crippen molar-refractivity contribution in [1.82, 2.24) is 0 Å². The highest BCUT2D eigenvalue weighted by molar-refractivity contribution is 5.87. The molecule has 0 unspecified atom stereocenters. The molecule has 2 aliphatic heterocycles. The molecule has 8 atom stereocenters. The Kier molecular flexibility index (Phi) is 5.22. The first-order valence-electron chi connectivity index (χ1n) is 9.35. The van der Waals surface area contributed by atoms with E-state index in [4.69, 9.17) is 14.2 Å². The van der Waals surface area contributed by atoms with Crippen LogP contribution in [0.5, 0.6) is 0 Å². The number of allylic oxidation sites excluding steroid dienone is 1. The Balaban J connectivity index is 1.99. The van der Waals surface area contributed by atoms with E-state index < -0.39 is 53.9 Å². The first kappa shape index (κ1) is 20.0. The first-order valence-corrected chi connectivity index (χ1v) is 9.35. The summed E-state index contributed by atoms with van der Waals surface area (Å²) in [7, 11) is 0. The Bertz CT molecular complexity index is 696. The van der Waals surface area contributed by atoms with Crippen LogP contribution in [0.1, 0.15) is 41.0 Å². The molecule has 2 saturated heterocycles. The number of fused-ring (bicyclic) bond motifs is 3. The van der Waals surface area contributed by atoms with Crippen LogP contribution < -0.4 is 0 Å². The Morgan fingerprint density at radius 1 is 1.41 bits per heavy atom. The smallest absolute Gasteiger partial charge is 0.333 e. The van der Waals surface area contributed by atoms with Gasteiger partial charge >= 0.3 is 11.9 Å². The van der Waals surface area contributed by atoms with Gasteiger partial charge in [-0.05, 0) is 27.7 Å². The van der Waals surface area contributed by atoms with Gasteiger partial charge < -0.3 is 24.4 Å². The van der Waals surface area contributed by atoms with Crippen molar-refractivity contribution in [2.24, 2.45) is 11.8 Å². The Morgan fingerprint density at radius 3 is 2.70 bits per heavy atom. The van der Waals surface area contributed by atoms with Crippen molar-refractivity contribution in [2.75, 3.05) is 0 Å². The molecule has 7 heteroatoms. The molecule has 0 spiro atoms. The molecule has 0 saturated carbocycles. The van der Waals surface area contributed by atoms with Crippen LogP contribution in [-0.2, 0) is 23.8 Å². The number of aliphatic hydroxyl groups is 2. The predicted octanol–water partition coefficient (Wildman–Crippen LogP) is 1.27. The molecule has 3 aliphatic rings. The summed E-state index contributed by atoms with van der Waals surface area (Å²) in [5.74, 6) is -1.69. The second-order valence-corrected chi connectivity index (χ2v) is 8.06. The van der Waals surface area contributed by atoms with Gasteiger partial charge in [0.15, 0.2) is 0 Å². The van der Waals surface area contributed by atoms with E-state index in [1.807, 2.05) is 0 Å². The summed E-state index contributed by atoms with van der Waals surface area (Å²) in [5.41, 5.74) is 0.214. The molecule has 0 aromatic heterocycles. The molecule has 2 fully saturated rings. The number of rotatable bonds is 2. The largest absolute Gasteiger partial charge is 0.459 e. The average molecular weight is 380 g/mol. The Labute approximate surface area is 159 Å². The average Bonchev–Trinajstić information content (AvgIpc) is 3.21. The van der Waals surface area contributed by atoms with Crippen molar-refractivity contribution >= 4 is 11.9 Å². The van der Waals surface area contributed by atoms with Crippen LogP contribution in [-0.4, -0.2) is 58.3 Å². The summed E-state index contributed by atoms with van der Waals surface area (Å²) in [6, 6.07) is 0. The lowest BCUT2D eigenvalue weighted by Crippen LogP contribution is -2.45. The number of ether oxygens (including phenoxy) is 3. The Morgan fingerprint density at radius 2 is 2.07 bits per heavy atom. The van der Waals surface area contributed by atoms with Crippen molar-refractivity contribution < 1.29 is 34.0 Å². The van der Waals surface area contributed by atoms with Crippen LogP contribution >= 0.6 is 0 Å². The second kappa shape index (κ2) is 7.04. The topological polar surface area (TPSA) is 106 Å². The van der Waals surface area contributed by atoms with Crippen molar-refractivity contribution in [3.05, 3.63) is 23.3 Å². The summed E-state index contributed by atoms with van der Waals surface area (Å²) in [4.78, 5) is 24.7. The minimum absolute atomic E-state index is 0.331. The van der Waals surface area contributed by atoms with E-state index in [1.165, 1.54) is 0 Å². The van der Waals surface area contributed by atoms with Gasteiger partial charge in [0.05, 0.1) is 5.92 Å². The number of carbonyl (C=O) groups is 2. The van der Waals surface area contributed by atoms with E-state index in [0.29, 0.717) is 12.0 Å². The maximum Gasteiger partial charge on any atom is 0.333 e. The fourth-order valence-electron chi connectivity index (χ4n) is 4.14. The minimum atomic E-state index is -1.14. The maximum absolute atomic E-state index is 12.4. The maximum atomic E-state index is 12.4. The number of hydrogen-bond acceptors (Lipinski definition) is 7. The van der Waals surface area contributed by atoms with E-state index in [2.05, 4.69) is 0 Å². The summed E-state index contributed by atoms with van der Waals surface area (Å²) < 4.78 is 17.0. The molecule has 7 nitrogen and oxygen atoms in total. The van der Waals surface area contributed by atoms with E-state index in [1.54, 1.807) is 46.8 Å². The molecule has 1 aliphatic carbocycles. The van der Waals surface area contributed by atoms with Crippen LogP contribution in [0.25, 0.3) is 0 Å². The third-order valence-corrected chi connectivity index (χ3v) is 6.10. The highest BCUT2D eigenvalue weighted by atomic mass is 16.7. The summed E-state index contributed by atoms with van der Waals surface area (Å²) >= 11 is 0. The van der Waals surface area contributed by atoms with Crippen LogP contribution in [0, 0.1) is 11.8 Å². The van der Waals surface area contributed by atoms with E-state index >= 15 is 0 Å². The minimum Gasteiger partial charge on any atom is -0.459 e. The summed E-state index contributed by atoms with van der Waals surface area (Å²) in [6.45, 7) is 8.67. The number of epoxide rings is 1. The van der Waals surface area contributed by atoms with Gasteiger partial charge in [-0.3, -0.25) is 4.79 Å². The molecule has 0 amide bonds. The van der Waals surface area contributed by atoms with Crippen LogP contribution in [0.15, 0.2) is 23.3 Å². The van der Waals surface area contributed by atoms with E-state index in [0.717, 1.165) is 5.57 Å². The molecule has 3 rings (SSSR count). The predicted molar refractivity (Wildman–Crippen MR) is 95.5 cm³/mol. The molecule has 0 bridgehead atoms. The van der Waals surface area contributed by atoms with Crippen molar-refractivity contribution in [3.8, 4) is 0 Å². The molecular formula is C20H28O7. The van der Waals surface area contributed by atoms with Crippen LogP contribution in [0.3, 0.4) is 0 Å². The SMILES string of the molecule is C/C=C(\C)C(=O)O[C@@H]1C/C(C)=C/[C@@H](O)[C@H](O)[C@@]2(C)O[C@H]2[C@H]2OC(=O)[C@@H](C)[C@@H]21. The van der Waals surface area contributed by atoms with Crippen molar-refractivity contribution in [2.45, 2.75) is 77.2 Å². The van der Waals surface area contributed by atoms with Crippen molar-refractivity contribution in [3.63, 3.8) is 0 Å². The monoisotopic (exact) mass is 380 g/mol. The molecule has 0 aromatic carbocycles. The molecule has 27 heavy (non-hydrogen) atoms. The lowest BCUT2D eigenvalue weighted by Gasteiger charge is -2.31. The molecule has 0 aromatic rings. The van der Waals surface area contributed by atoms with Gasteiger partial charge in [-0.25, -0.2) is 4.79 Å². The molecular weight excluding hydrogens is 352 g/mol. The number of esters is 2. The zero-order valence-corrected chi connectivity index (χ0v) is 16.3. The second-order valence-electron chi connectivity index (χ2n) is 8.06. The van der Waals surface area contributed by atoms with Gasteiger partial charge in [-0.1, -0.05) is 24.6 Å². The molecule has 0 radical (unpaired) electrons. The standard InChI is InChI=1S/C20H28O7/c1-6-10(3)18(23)25-13-8-9(2)7-12(21)16(22)20(5)17(27-20)15-14(13)11(4)19(24)26-15/h6-7,11-17,21-22H,8H2,1-5H3/b9-7+,10-6+/t11-,12+,13+,14+,15-,16-,17-,20+/m0/s1. The number of carbonyl (C=O) groups excluding carboxylic acids is 2. The normalized spacial score (nSPS) is 46.5. The third-order valence-electron chi connectivity index (χ3n) is 6.10. The fourth-order valence-corrected chi connectivity index (χ4v) is 4.14. The van der Waals surface area contributed by atoms with E-state index in [-0.39, 0.29) is 5.97 Å². The van der Waals surface area contributed by atoms with Gasteiger partial charge in [0.2, 0.25) is 0 Å². The van der Waals surface area contributed by atoms with Crippen LogP contribution in [0.2, 0.25) is 0 Å². The van der Waals surface area contributed by atoms with E-state index in [9.17, 15) is 19.8 Å². The highest BCUT2D eigenvalue weighted by Gasteiger charge is 2.68. The lowest BCUT2D eigenvalue weighted by atomic mass is 9.78. The fraction of sp³-hybridized carbons (Fsp3) is 0.700. The summed E-state index contributed by atoms with van der Waals surface area (Å²) in [6.07, 6.45) is -0.517. The molecule has 150 valence electrons. The highest BCUT2D eigenvalue weighted by Crippen LogP contribution is 2.50. The number of aliphatic hydroxyl groups excluding tert-OH is 2. The number of hydrogen-bond donors (Lipinski definition) is 2. The quantitative estimate of drug-likeness (QED) is 0.322. The van der Waals surface area contributed by atoms with Gasteiger partial charge in [0.25, 0.3) is 0 Å². The van der Waals surface area contributed by atoms with Gasteiger partial charge in [-0.15, -0.1) is 0 Å². The van der Waals surface area contributed by atoms with Gasteiger partial charge in [0, 0.05) is 17.9 Å². The Hall–Kier alpha value is -1.70. The van der Waals surface area contributed by atoms with Gasteiger partial charge in [0.1, 0.15) is 36.1 Å². The zero-order chi connectivity index (χ0) is 20.1. The zero-order valence-electron chi connectivity index (χ0n) is 16.3. The lowest BCUT2D eigenvalue weighted by molar-refractivity contribution is -0.149. The van der Waals surface area contributed by atoms with Crippen molar-refractivity contribution in [1.29, 1.82) is 0 Å². The van der Waals surface area contributed by atoms with Crippen LogP contribution in [0.4, 0.5) is 0 Å². The first-order chi connectivity index (χ1) is 12.6. The summed E-state index contributed by atoms with van der Waals surface area (Å²) in [5, 5.41) is 20.8. The van der Waals surface area contributed by atoms with Gasteiger partial charge in [-0.2, -0.15) is 0 Å².